The minimum atomic E-state index is -3.59. The lowest BCUT2D eigenvalue weighted by atomic mass is 10.1. The Labute approximate surface area is 240 Å². The maximum atomic E-state index is 13.2. The summed E-state index contributed by atoms with van der Waals surface area (Å²) in [4.78, 5) is 12.3. The number of benzene rings is 3. The van der Waals surface area contributed by atoms with Gasteiger partial charge in [0.05, 0.1) is 22.2 Å². The van der Waals surface area contributed by atoms with Crippen LogP contribution in [-0.2, 0) is 16.4 Å². The van der Waals surface area contributed by atoms with Gasteiger partial charge in [0.15, 0.2) is 5.65 Å². The number of rotatable bonds is 6. The summed E-state index contributed by atoms with van der Waals surface area (Å²) in [7, 11) is -3.59. The van der Waals surface area contributed by atoms with Gasteiger partial charge in [0, 0.05) is 42.1 Å². The number of piperazine rings is 1. The number of hydrogen-bond donors (Lipinski definition) is 0. The van der Waals surface area contributed by atoms with Gasteiger partial charge >= 0.3 is 0 Å². The number of sulfonamides is 1. The fourth-order valence-corrected chi connectivity index (χ4v) is 6.60. The van der Waals surface area contributed by atoms with Crippen LogP contribution in [0.2, 0.25) is 5.02 Å². The van der Waals surface area contributed by atoms with Crippen molar-refractivity contribution in [2.75, 3.05) is 31.1 Å². The molecule has 0 unspecified atom stereocenters. The summed E-state index contributed by atoms with van der Waals surface area (Å²) in [5.74, 6) is 1.41. The number of nitrogens with zero attached hydrogens (tertiary/aromatic N) is 6. The van der Waals surface area contributed by atoms with Crippen molar-refractivity contribution >= 4 is 54.4 Å². The fourth-order valence-electron chi connectivity index (χ4n) is 4.73. The topological polar surface area (TPSA) is 84.2 Å². The van der Waals surface area contributed by atoms with Gasteiger partial charge in [0.25, 0.3) is 0 Å². The van der Waals surface area contributed by atoms with E-state index < -0.39 is 10.0 Å². The predicted octanol–water partition coefficient (Wildman–Crippen LogP) is 5.33. The predicted molar refractivity (Wildman–Crippen MR) is 156 cm³/mol. The lowest BCUT2D eigenvalue weighted by Crippen LogP contribution is -2.49. The molecule has 11 heteroatoms. The smallest absolute Gasteiger partial charge is 0.243 e. The fraction of sp³-hybridized carbons (Fsp3) is 0.179. The molecule has 1 saturated heterocycles. The Morgan fingerprint density at radius 3 is 2.33 bits per heavy atom. The lowest BCUT2D eigenvalue weighted by Gasteiger charge is -2.35. The SMILES string of the molecule is O=S(=O)(c1ccc(Br)cc1)N1CCN(c2nc(Cc3ccccc3)nc3c2cnn3-c2cccc(Cl)c2)CC1. The molecule has 0 spiro atoms. The van der Waals surface area contributed by atoms with Crippen molar-refractivity contribution in [2.45, 2.75) is 11.3 Å². The average molecular weight is 624 g/mol. The Morgan fingerprint density at radius 2 is 1.62 bits per heavy atom. The minimum Gasteiger partial charge on any atom is -0.353 e. The molecular weight excluding hydrogens is 600 g/mol. The van der Waals surface area contributed by atoms with Gasteiger partial charge in [-0.15, -0.1) is 0 Å². The van der Waals surface area contributed by atoms with E-state index in [1.807, 2.05) is 54.6 Å². The van der Waals surface area contributed by atoms with E-state index in [2.05, 4.69) is 25.9 Å². The van der Waals surface area contributed by atoms with Crippen LogP contribution in [0.3, 0.4) is 0 Å². The van der Waals surface area contributed by atoms with Crippen molar-refractivity contribution in [1.82, 2.24) is 24.1 Å². The molecule has 0 N–H and O–H groups in total. The van der Waals surface area contributed by atoms with Gasteiger partial charge in [-0.1, -0.05) is 63.9 Å². The number of fused-ring (bicyclic) bond motifs is 1. The van der Waals surface area contributed by atoms with E-state index in [4.69, 9.17) is 21.6 Å². The summed E-state index contributed by atoms with van der Waals surface area (Å²) in [6.45, 7) is 1.69. The molecule has 0 bridgehead atoms. The number of halogens is 2. The first-order chi connectivity index (χ1) is 18.9. The van der Waals surface area contributed by atoms with Gasteiger partial charge in [-0.2, -0.15) is 9.40 Å². The molecule has 1 fully saturated rings. The Bertz CT molecular complexity index is 1740. The molecule has 198 valence electrons. The quantitative estimate of drug-likeness (QED) is 0.254. The Kier molecular flexibility index (Phi) is 7.11. The molecule has 5 aromatic rings. The van der Waals surface area contributed by atoms with Crippen molar-refractivity contribution in [2.24, 2.45) is 0 Å². The first kappa shape index (κ1) is 25.9. The molecular formula is C28H24BrClN6O2S. The molecule has 39 heavy (non-hydrogen) atoms. The van der Waals surface area contributed by atoms with Gasteiger partial charge in [-0.25, -0.2) is 23.1 Å². The molecule has 3 heterocycles. The summed E-state index contributed by atoms with van der Waals surface area (Å²) in [6, 6.07) is 24.3. The van der Waals surface area contributed by atoms with Crippen LogP contribution < -0.4 is 4.90 Å². The van der Waals surface area contributed by atoms with E-state index in [-0.39, 0.29) is 4.90 Å². The maximum Gasteiger partial charge on any atom is 0.243 e. The zero-order chi connectivity index (χ0) is 27.0. The highest BCUT2D eigenvalue weighted by Gasteiger charge is 2.30. The van der Waals surface area contributed by atoms with Crippen LogP contribution in [0.5, 0.6) is 0 Å². The van der Waals surface area contributed by atoms with E-state index in [0.717, 1.165) is 26.9 Å². The molecule has 1 aliphatic heterocycles. The van der Waals surface area contributed by atoms with E-state index >= 15 is 0 Å². The van der Waals surface area contributed by atoms with E-state index in [0.29, 0.717) is 49.1 Å². The van der Waals surface area contributed by atoms with Gasteiger partial charge < -0.3 is 4.90 Å². The second-order valence-electron chi connectivity index (χ2n) is 9.24. The summed E-state index contributed by atoms with van der Waals surface area (Å²) in [5.41, 5.74) is 2.58. The van der Waals surface area contributed by atoms with Crippen LogP contribution in [0.15, 0.2) is 94.4 Å². The normalized spacial score (nSPS) is 14.7. The third kappa shape index (κ3) is 5.29. The third-order valence-corrected chi connectivity index (χ3v) is 9.38. The number of hydrogen-bond acceptors (Lipinski definition) is 6. The van der Waals surface area contributed by atoms with Crippen molar-refractivity contribution < 1.29 is 8.42 Å². The van der Waals surface area contributed by atoms with Gasteiger partial charge in [-0.05, 0) is 48.0 Å². The molecule has 0 saturated carbocycles. The molecule has 3 aromatic carbocycles. The van der Waals surface area contributed by atoms with Gasteiger partial charge in [0.1, 0.15) is 11.6 Å². The van der Waals surface area contributed by atoms with Crippen LogP contribution in [-0.4, -0.2) is 58.7 Å². The van der Waals surface area contributed by atoms with Crippen LogP contribution in [0, 0.1) is 0 Å². The second kappa shape index (κ2) is 10.7. The Balaban J connectivity index is 1.34. The van der Waals surface area contributed by atoms with Crippen molar-refractivity contribution in [3.63, 3.8) is 0 Å². The molecule has 1 aliphatic rings. The zero-order valence-corrected chi connectivity index (χ0v) is 23.9. The van der Waals surface area contributed by atoms with Gasteiger partial charge in [-0.3, -0.25) is 0 Å². The summed E-state index contributed by atoms with van der Waals surface area (Å²) >= 11 is 9.64. The van der Waals surface area contributed by atoms with Crippen LogP contribution >= 0.6 is 27.5 Å². The lowest BCUT2D eigenvalue weighted by molar-refractivity contribution is 0.384. The zero-order valence-electron chi connectivity index (χ0n) is 20.8. The van der Waals surface area contributed by atoms with Gasteiger partial charge in [0.2, 0.25) is 10.0 Å². The Hall–Kier alpha value is -3.31. The highest BCUT2D eigenvalue weighted by Crippen LogP contribution is 2.29. The van der Waals surface area contributed by atoms with Crippen molar-refractivity contribution in [1.29, 1.82) is 0 Å². The Morgan fingerprint density at radius 1 is 0.872 bits per heavy atom. The average Bonchev–Trinajstić information content (AvgIpc) is 3.37. The molecule has 8 nitrogen and oxygen atoms in total. The highest BCUT2D eigenvalue weighted by molar-refractivity contribution is 9.10. The molecule has 0 radical (unpaired) electrons. The molecule has 0 atom stereocenters. The number of aromatic nitrogens is 4. The molecule has 2 aromatic heterocycles. The third-order valence-electron chi connectivity index (χ3n) is 6.70. The van der Waals surface area contributed by atoms with E-state index in [9.17, 15) is 8.42 Å². The summed E-state index contributed by atoms with van der Waals surface area (Å²) in [6.07, 6.45) is 2.32. The van der Waals surface area contributed by atoms with E-state index in [1.165, 1.54) is 4.31 Å². The van der Waals surface area contributed by atoms with Crippen molar-refractivity contribution in [3.05, 3.63) is 106 Å². The summed E-state index contributed by atoms with van der Waals surface area (Å²) in [5, 5.41) is 6.04. The van der Waals surface area contributed by atoms with Crippen molar-refractivity contribution in [3.8, 4) is 5.69 Å². The van der Waals surface area contributed by atoms with Crippen LogP contribution in [0.25, 0.3) is 16.7 Å². The standard InChI is InChI=1S/C28H24BrClN6O2S/c29-21-9-11-24(12-10-21)39(37,38)35-15-13-34(14-16-35)27-25-19-31-36(23-8-4-7-22(30)18-23)28(25)33-26(32-27)17-20-5-2-1-3-6-20/h1-12,18-19H,13-17H2. The van der Waals surface area contributed by atoms with Crippen LogP contribution in [0.1, 0.15) is 11.4 Å². The first-order valence-electron chi connectivity index (χ1n) is 12.4. The van der Waals surface area contributed by atoms with E-state index in [1.54, 1.807) is 35.1 Å². The minimum absolute atomic E-state index is 0.288. The number of anilines is 1. The molecule has 0 aliphatic carbocycles. The van der Waals surface area contributed by atoms with Crippen LogP contribution in [0.4, 0.5) is 5.82 Å². The maximum absolute atomic E-state index is 13.2. The second-order valence-corrected chi connectivity index (χ2v) is 12.5. The first-order valence-corrected chi connectivity index (χ1v) is 15.0. The highest BCUT2D eigenvalue weighted by atomic mass is 79.9. The molecule has 6 rings (SSSR count). The monoisotopic (exact) mass is 622 g/mol. The molecule has 0 amide bonds. The summed E-state index contributed by atoms with van der Waals surface area (Å²) < 4.78 is 30.6. The largest absolute Gasteiger partial charge is 0.353 e.